The number of para-hydroxylation sites is 1. The summed E-state index contributed by atoms with van der Waals surface area (Å²) < 4.78 is 6.40. The van der Waals surface area contributed by atoms with Gasteiger partial charge in [0, 0.05) is 16.9 Å². The Hall–Kier alpha value is -3.27. The molecule has 0 fully saturated rings. The Kier molecular flexibility index (Phi) is 6.12. The van der Waals surface area contributed by atoms with Gasteiger partial charge in [-0.2, -0.15) is 0 Å². The molecule has 3 N–H and O–H groups in total. The number of hydrogen-bond donors (Lipinski definition) is 2. The van der Waals surface area contributed by atoms with Crippen LogP contribution in [0.4, 0.5) is 11.4 Å². The van der Waals surface area contributed by atoms with Crippen molar-refractivity contribution in [3.8, 4) is 11.5 Å². The average molecular weight is 417 g/mol. The van der Waals surface area contributed by atoms with E-state index in [4.69, 9.17) is 10.5 Å². The molecule has 0 aromatic heterocycles. The molecule has 0 aliphatic heterocycles. The number of rotatable bonds is 4. The Morgan fingerprint density at radius 1 is 0.806 bits per heavy atom. The molecule has 31 heavy (non-hydrogen) atoms. The summed E-state index contributed by atoms with van der Waals surface area (Å²) in [5.74, 6) is 0.954. The lowest BCUT2D eigenvalue weighted by atomic mass is 9.81. The number of benzene rings is 3. The maximum Gasteiger partial charge on any atom is 0.259 e. The molecule has 0 unspecified atom stereocenters. The van der Waals surface area contributed by atoms with Crippen LogP contribution in [0, 0.1) is 0 Å². The molecule has 0 heterocycles. The van der Waals surface area contributed by atoms with E-state index in [2.05, 4.69) is 65.1 Å². The van der Waals surface area contributed by atoms with Gasteiger partial charge >= 0.3 is 0 Å². The Balaban J connectivity index is 2.04. The molecule has 0 aliphatic carbocycles. The van der Waals surface area contributed by atoms with Crippen LogP contribution in [0.5, 0.6) is 11.5 Å². The fourth-order valence-corrected chi connectivity index (χ4v) is 3.35. The van der Waals surface area contributed by atoms with Gasteiger partial charge < -0.3 is 15.8 Å². The summed E-state index contributed by atoms with van der Waals surface area (Å²) >= 11 is 0. The van der Waals surface area contributed by atoms with Crippen molar-refractivity contribution in [1.29, 1.82) is 0 Å². The van der Waals surface area contributed by atoms with Crippen LogP contribution in [0.1, 0.15) is 63.0 Å². The standard InChI is InChI=1S/C27H32N2O2/c1-26(2,3)18-12-14-22(27(4,5)6)24(16-18)31-23-15-13-19(28)17-21(23)25(30)29-20-10-8-7-9-11-20/h7-17H,28H2,1-6H3,(H,29,30). The first-order chi connectivity index (χ1) is 14.4. The molecule has 3 aromatic carbocycles. The van der Waals surface area contributed by atoms with Crippen LogP contribution in [0.3, 0.4) is 0 Å². The lowest BCUT2D eigenvalue weighted by Crippen LogP contribution is -2.17. The second-order valence-corrected chi connectivity index (χ2v) is 9.89. The largest absolute Gasteiger partial charge is 0.456 e. The molecule has 1 amide bonds. The fraction of sp³-hybridized carbons (Fsp3) is 0.296. The van der Waals surface area contributed by atoms with Crippen molar-refractivity contribution in [2.24, 2.45) is 0 Å². The molecule has 0 bridgehead atoms. The predicted molar refractivity (Wildman–Crippen MR) is 129 cm³/mol. The molecule has 4 heteroatoms. The molecule has 0 saturated carbocycles. The summed E-state index contributed by atoms with van der Waals surface area (Å²) in [6.07, 6.45) is 0. The zero-order chi connectivity index (χ0) is 22.8. The number of ether oxygens (including phenoxy) is 1. The van der Waals surface area contributed by atoms with E-state index < -0.39 is 0 Å². The van der Waals surface area contributed by atoms with E-state index >= 15 is 0 Å². The third kappa shape index (κ3) is 5.46. The van der Waals surface area contributed by atoms with Gasteiger partial charge in [-0.1, -0.05) is 71.9 Å². The minimum absolute atomic E-state index is 0.0246. The summed E-state index contributed by atoms with van der Waals surface area (Å²) in [6.45, 7) is 13.0. The van der Waals surface area contributed by atoms with E-state index in [0.29, 0.717) is 22.7 Å². The van der Waals surface area contributed by atoms with Crippen molar-refractivity contribution in [2.75, 3.05) is 11.1 Å². The number of nitrogens with two attached hydrogens (primary N) is 1. The van der Waals surface area contributed by atoms with Crippen LogP contribution >= 0.6 is 0 Å². The first-order valence-corrected chi connectivity index (χ1v) is 10.5. The topological polar surface area (TPSA) is 64.3 Å². The summed E-state index contributed by atoms with van der Waals surface area (Å²) in [4.78, 5) is 13.0. The van der Waals surface area contributed by atoms with Crippen LogP contribution in [0.15, 0.2) is 66.7 Å². The van der Waals surface area contributed by atoms with Crippen molar-refractivity contribution in [3.63, 3.8) is 0 Å². The maximum absolute atomic E-state index is 13.0. The van der Waals surface area contributed by atoms with Crippen molar-refractivity contribution < 1.29 is 9.53 Å². The molecule has 0 spiro atoms. The highest BCUT2D eigenvalue weighted by molar-refractivity contribution is 6.06. The van der Waals surface area contributed by atoms with Gasteiger partial charge in [-0.25, -0.2) is 0 Å². The van der Waals surface area contributed by atoms with Crippen LogP contribution in [0.2, 0.25) is 0 Å². The lowest BCUT2D eigenvalue weighted by molar-refractivity contribution is 0.102. The average Bonchev–Trinajstić information content (AvgIpc) is 2.68. The number of carbonyl (C=O) groups excluding carboxylic acids is 1. The van der Waals surface area contributed by atoms with Gasteiger partial charge in [0.2, 0.25) is 0 Å². The molecule has 4 nitrogen and oxygen atoms in total. The third-order valence-electron chi connectivity index (χ3n) is 5.16. The number of nitrogen functional groups attached to an aromatic ring is 1. The number of hydrogen-bond acceptors (Lipinski definition) is 3. The number of carbonyl (C=O) groups is 1. The Morgan fingerprint density at radius 2 is 1.48 bits per heavy atom. The molecule has 0 atom stereocenters. The monoisotopic (exact) mass is 416 g/mol. The second-order valence-electron chi connectivity index (χ2n) is 9.89. The van der Waals surface area contributed by atoms with Gasteiger partial charge in [-0.05, 0) is 52.8 Å². The van der Waals surface area contributed by atoms with Crippen LogP contribution in [0.25, 0.3) is 0 Å². The summed E-state index contributed by atoms with van der Waals surface area (Å²) in [6, 6.07) is 20.8. The molecule has 0 saturated heterocycles. The van der Waals surface area contributed by atoms with Gasteiger partial charge in [0.15, 0.2) is 0 Å². The zero-order valence-corrected chi connectivity index (χ0v) is 19.2. The minimum Gasteiger partial charge on any atom is -0.456 e. The van der Waals surface area contributed by atoms with E-state index in [1.165, 1.54) is 5.56 Å². The van der Waals surface area contributed by atoms with Crippen LogP contribution in [-0.2, 0) is 10.8 Å². The highest BCUT2D eigenvalue weighted by atomic mass is 16.5. The molecule has 0 aliphatic rings. The van der Waals surface area contributed by atoms with Crippen LogP contribution in [-0.4, -0.2) is 5.91 Å². The Labute approximate surface area is 185 Å². The fourth-order valence-electron chi connectivity index (χ4n) is 3.35. The highest BCUT2D eigenvalue weighted by Gasteiger charge is 2.24. The zero-order valence-electron chi connectivity index (χ0n) is 19.2. The normalized spacial score (nSPS) is 11.8. The second kappa shape index (κ2) is 8.46. The number of anilines is 2. The van der Waals surface area contributed by atoms with E-state index in [1.807, 2.05) is 30.3 Å². The lowest BCUT2D eigenvalue weighted by Gasteiger charge is -2.27. The summed E-state index contributed by atoms with van der Waals surface area (Å²) in [5.41, 5.74) is 9.71. The molecular formula is C27H32N2O2. The van der Waals surface area contributed by atoms with Crippen molar-refractivity contribution in [2.45, 2.75) is 52.4 Å². The van der Waals surface area contributed by atoms with E-state index in [-0.39, 0.29) is 16.7 Å². The van der Waals surface area contributed by atoms with Crippen molar-refractivity contribution >= 4 is 17.3 Å². The molecule has 3 rings (SSSR count). The highest BCUT2D eigenvalue weighted by Crippen LogP contribution is 2.38. The quantitative estimate of drug-likeness (QED) is 0.454. The van der Waals surface area contributed by atoms with Gasteiger partial charge in [-0.15, -0.1) is 0 Å². The van der Waals surface area contributed by atoms with Crippen LogP contribution < -0.4 is 15.8 Å². The minimum atomic E-state index is -0.266. The third-order valence-corrected chi connectivity index (χ3v) is 5.16. The van der Waals surface area contributed by atoms with E-state index in [1.54, 1.807) is 18.2 Å². The Morgan fingerprint density at radius 3 is 2.10 bits per heavy atom. The van der Waals surface area contributed by atoms with Gasteiger partial charge in [0.05, 0.1) is 5.56 Å². The molecule has 162 valence electrons. The van der Waals surface area contributed by atoms with Crippen molar-refractivity contribution in [1.82, 2.24) is 0 Å². The Bertz CT molecular complexity index is 1070. The van der Waals surface area contributed by atoms with Gasteiger partial charge in [0.1, 0.15) is 11.5 Å². The summed E-state index contributed by atoms with van der Waals surface area (Å²) in [5, 5.41) is 2.92. The van der Waals surface area contributed by atoms with E-state index in [0.717, 1.165) is 11.3 Å². The van der Waals surface area contributed by atoms with Crippen molar-refractivity contribution in [3.05, 3.63) is 83.4 Å². The molecular weight excluding hydrogens is 384 g/mol. The number of amides is 1. The molecule has 0 radical (unpaired) electrons. The predicted octanol–water partition coefficient (Wildman–Crippen LogP) is 6.91. The smallest absolute Gasteiger partial charge is 0.259 e. The number of nitrogens with one attached hydrogen (secondary N) is 1. The first kappa shape index (κ1) is 22.4. The summed E-state index contributed by atoms with van der Waals surface area (Å²) in [7, 11) is 0. The molecule has 3 aromatic rings. The van der Waals surface area contributed by atoms with Gasteiger partial charge in [-0.3, -0.25) is 4.79 Å². The SMILES string of the molecule is CC(C)(C)c1ccc(C(C)(C)C)c(Oc2ccc(N)cc2C(=O)Nc2ccccc2)c1. The van der Waals surface area contributed by atoms with E-state index in [9.17, 15) is 4.79 Å². The first-order valence-electron chi connectivity index (χ1n) is 10.5. The maximum atomic E-state index is 13.0. The van der Waals surface area contributed by atoms with Gasteiger partial charge in [0.25, 0.3) is 5.91 Å².